The molecule has 162 valence electrons. The van der Waals surface area contributed by atoms with Crippen LogP contribution in [0.25, 0.3) is 22.7 Å². The average molecular weight is 430 g/mol. The van der Waals surface area contributed by atoms with Gasteiger partial charge in [0.25, 0.3) is 0 Å². The SMILES string of the molecule is CCCC(=O)OC1=c2ccccc2=C2C(=O)C(OC(=O)CCC)=c3ccccc3=C2C1=O. The van der Waals surface area contributed by atoms with Crippen LogP contribution >= 0.6 is 0 Å². The molecule has 6 nitrogen and oxygen atoms in total. The molecule has 0 saturated carbocycles. The van der Waals surface area contributed by atoms with Gasteiger partial charge in [0, 0.05) is 34.4 Å². The summed E-state index contributed by atoms with van der Waals surface area (Å²) in [6.45, 7) is 3.69. The largest absolute Gasteiger partial charge is 0.422 e. The molecule has 0 fully saturated rings. The van der Waals surface area contributed by atoms with Crippen LogP contribution in [0.2, 0.25) is 0 Å². The minimum atomic E-state index is -0.539. The van der Waals surface area contributed by atoms with Crippen molar-refractivity contribution in [3.8, 4) is 0 Å². The summed E-state index contributed by atoms with van der Waals surface area (Å²) in [6, 6.07) is 13.6. The maximum atomic E-state index is 13.6. The Morgan fingerprint density at radius 3 is 1.31 bits per heavy atom. The number of hydrogen-bond acceptors (Lipinski definition) is 6. The summed E-state index contributed by atoms with van der Waals surface area (Å²) in [5, 5.41) is 1.66. The summed E-state index contributed by atoms with van der Waals surface area (Å²) >= 11 is 0. The van der Waals surface area contributed by atoms with Crippen molar-refractivity contribution in [2.45, 2.75) is 39.5 Å². The van der Waals surface area contributed by atoms with Crippen molar-refractivity contribution >= 4 is 46.2 Å². The van der Waals surface area contributed by atoms with Crippen LogP contribution in [0, 0.1) is 0 Å². The van der Waals surface area contributed by atoms with Crippen LogP contribution < -0.4 is 20.9 Å². The molecule has 2 aromatic carbocycles. The van der Waals surface area contributed by atoms with Gasteiger partial charge in [0.2, 0.25) is 11.6 Å². The summed E-state index contributed by atoms with van der Waals surface area (Å²) in [4.78, 5) is 51.6. The predicted molar refractivity (Wildman–Crippen MR) is 117 cm³/mol. The van der Waals surface area contributed by atoms with Crippen LogP contribution in [0.4, 0.5) is 0 Å². The quantitative estimate of drug-likeness (QED) is 0.629. The lowest BCUT2D eigenvalue weighted by atomic mass is 9.83. The second kappa shape index (κ2) is 8.75. The van der Waals surface area contributed by atoms with Gasteiger partial charge in [-0.1, -0.05) is 62.4 Å². The van der Waals surface area contributed by atoms with Crippen molar-refractivity contribution in [3.63, 3.8) is 0 Å². The van der Waals surface area contributed by atoms with Gasteiger partial charge in [0.15, 0.2) is 11.5 Å². The molecule has 0 aliphatic heterocycles. The first-order valence-electron chi connectivity index (χ1n) is 10.7. The fourth-order valence-corrected chi connectivity index (χ4v) is 3.95. The summed E-state index contributed by atoms with van der Waals surface area (Å²) < 4.78 is 11.0. The van der Waals surface area contributed by atoms with E-state index in [1.807, 2.05) is 13.8 Å². The van der Waals surface area contributed by atoms with Gasteiger partial charge in [0.1, 0.15) is 0 Å². The number of ether oxygens (including phenoxy) is 2. The van der Waals surface area contributed by atoms with E-state index in [2.05, 4.69) is 0 Å². The highest BCUT2D eigenvalue weighted by atomic mass is 16.5. The van der Waals surface area contributed by atoms with Gasteiger partial charge in [0.05, 0.1) is 0 Å². The summed E-state index contributed by atoms with van der Waals surface area (Å²) in [5.74, 6) is -2.28. The van der Waals surface area contributed by atoms with E-state index in [4.69, 9.17) is 9.47 Å². The Kier molecular flexibility index (Phi) is 5.86. The van der Waals surface area contributed by atoms with Crippen LogP contribution in [0.1, 0.15) is 39.5 Å². The number of benzene rings is 2. The van der Waals surface area contributed by atoms with E-state index >= 15 is 0 Å². The molecule has 6 heteroatoms. The molecule has 2 aliphatic carbocycles. The van der Waals surface area contributed by atoms with Crippen LogP contribution in [0.5, 0.6) is 0 Å². The Hall–Kier alpha value is -3.80. The minimum Gasteiger partial charge on any atom is -0.422 e. The van der Waals surface area contributed by atoms with Gasteiger partial charge in [-0.3, -0.25) is 19.2 Å². The number of hydrogen-bond donors (Lipinski definition) is 0. The molecule has 0 aromatic heterocycles. The van der Waals surface area contributed by atoms with Gasteiger partial charge in [-0.25, -0.2) is 0 Å². The van der Waals surface area contributed by atoms with Crippen molar-refractivity contribution in [1.82, 2.24) is 0 Å². The van der Waals surface area contributed by atoms with Crippen molar-refractivity contribution < 1.29 is 28.7 Å². The number of carbonyl (C=O) groups is 4. The van der Waals surface area contributed by atoms with Gasteiger partial charge in [-0.05, 0) is 23.3 Å². The van der Waals surface area contributed by atoms with E-state index in [-0.39, 0.29) is 35.5 Å². The number of Topliss-reactive ketones (excluding diaryl/α,β-unsaturated/α-hetero) is 2. The third-order valence-electron chi connectivity index (χ3n) is 5.34. The second-order valence-electron chi connectivity index (χ2n) is 7.61. The highest BCUT2D eigenvalue weighted by molar-refractivity contribution is 6.58. The van der Waals surface area contributed by atoms with Crippen molar-refractivity contribution in [3.05, 3.63) is 69.4 Å². The molecule has 0 bridgehead atoms. The van der Waals surface area contributed by atoms with Crippen molar-refractivity contribution in [2.75, 3.05) is 0 Å². The van der Waals surface area contributed by atoms with E-state index < -0.39 is 23.5 Å². The van der Waals surface area contributed by atoms with Crippen molar-refractivity contribution in [2.24, 2.45) is 0 Å². The first-order valence-corrected chi connectivity index (χ1v) is 10.7. The molecule has 2 aromatic rings. The number of rotatable bonds is 6. The standard InChI is InChI=1S/C26H22O6/c1-3-9-19(27)31-25-17-13-7-5-11-15(17)22-21(23(25)29)16-12-6-8-14-18(16)26(24(22)30)32-20(28)10-4-2/h5-8,11-14H,3-4,9-10H2,1-2H3. The normalized spacial score (nSPS) is 14.6. The van der Waals surface area contributed by atoms with E-state index in [0.717, 1.165) is 0 Å². The maximum absolute atomic E-state index is 13.6. The van der Waals surface area contributed by atoms with Crippen LogP contribution in [0.15, 0.2) is 48.5 Å². The fraction of sp³-hybridized carbons (Fsp3) is 0.231. The van der Waals surface area contributed by atoms with E-state index in [1.54, 1.807) is 48.5 Å². The smallest absolute Gasteiger partial charge is 0.311 e. The molecule has 2 aliphatic rings. The lowest BCUT2D eigenvalue weighted by Crippen LogP contribution is -2.47. The summed E-state index contributed by atoms with van der Waals surface area (Å²) in [6.07, 6.45) is 1.51. The first-order chi connectivity index (χ1) is 15.5. The maximum Gasteiger partial charge on any atom is 0.311 e. The van der Waals surface area contributed by atoms with Crippen LogP contribution in [-0.4, -0.2) is 23.5 Å². The predicted octanol–water partition coefficient (Wildman–Crippen LogP) is 0.757. The lowest BCUT2D eigenvalue weighted by Gasteiger charge is -2.22. The highest BCUT2D eigenvalue weighted by Gasteiger charge is 2.36. The summed E-state index contributed by atoms with van der Waals surface area (Å²) in [7, 11) is 0. The van der Waals surface area contributed by atoms with E-state index in [0.29, 0.717) is 33.7 Å². The molecule has 0 heterocycles. The monoisotopic (exact) mass is 430 g/mol. The van der Waals surface area contributed by atoms with Gasteiger partial charge in [-0.2, -0.15) is 0 Å². The number of fused-ring (bicyclic) bond motifs is 3. The van der Waals surface area contributed by atoms with Crippen molar-refractivity contribution in [1.29, 1.82) is 0 Å². The zero-order valence-corrected chi connectivity index (χ0v) is 17.9. The summed E-state index contributed by atoms with van der Waals surface area (Å²) in [5.41, 5.74) is 0.303. The second-order valence-corrected chi connectivity index (χ2v) is 7.61. The molecule has 0 radical (unpaired) electrons. The zero-order chi connectivity index (χ0) is 22.8. The molecule has 0 amide bonds. The number of esters is 2. The Morgan fingerprint density at radius 2 is 0.969 bits per heavy atom. The Bertz CT molecular complexity index is 1300. The van der Waals surface area contributed by atoms with Crippen LogP contribution in [0.3, 0.4) is 0 Å². The van der Waals surface area contributed by atoms with E-state index in [1.165, 1.54) is 0 Å². The zero-order valence-electron chi connectivity index (χ0n) is 17.9. The Labute approximate surface area is 184 Å². The third kappa shape index (κ3) is 3.58. The van der Waals surface area contributed by atoms with Gasteiger partial charge in [-0.15, -0.1) is 0 Å². The molecule has 0 atom stereocenters. The number of carbonyl (C=O) groups excluding carboxylic acids is 4. The molecule has 0 spiro atoms. The molecule has 0 N–H and O–H groups in total. The van der Waals surface area contributed by atoms with Crippen LogP contribution in [-0.2, 0) is 28.7 Å². The van der Waals surface area contributed by atoms with Gasteiger partial charge < -0.3 is 9.47 Å². The fourth-order valence-electron chi connectivity index (χ4n) is 3.95. The number of ketones is 2. The molecule has 32 heavy (non-hydrogen) atoms. The molecule has 0 unspecified atom stereocenters. The molecular formula is C26H22O6. The molecule has 4 rings (SSSR count). The highest BCUT2D eigenvalue weighted by Crippen LogP contribution is 2.26. The molecular weight excluding hydrogens is 408 g/mol. The van der Waals surface area contributed by atoms with Gasteiger partial charge >= 0.3 is 11.9 Å². The Morgan fingerprint density at radius 1 is 0.625 bits per heavy atom. The molecule has 0 saturated heterocycles. The Balaban J connectivity index is 2.07. The lowest BCUT2D eigenvalue weighted by molar-refractivity contribution is -0.139. The average Bonchev–Trinajstić information content (AvgIpc) is 2.78. The first kappa shape index (κ1) is 21.4. The third-order valence-corrected chi connectivity index (χ3v) is 5.34. The topological polar surface area (TPSA) is 86.7 Å². The minimum absolute atomic E-state index is 0.0909. The van der Waals surface area contributed by atoms with E-state index in [9.17, 15) is 19.2 Å².